The Morgan fingerprint density at radius 3 is 2.66 bits per heavy atom. The molecule has 7 heteroatoms. The number of anilines is 2. The van der Waals surface area contributed by atoms with E-state index in [1.54, 1.807) is 0 Å². The molecule has 2 aromatic heterocycles. The van der Waals surface area contributed by atoms with Crippen LogP contribution in [0, 0.1) is 0 Å². The number of hydrogen-bond acceptors (Lipinski definition) is 6. The Kier molecular flexibility index (Phi) is 6.27. The number of benzene rings is 1. The zero-order chi connectivity index (χ0) is 20.1. The fraction of sp³-hybridized carbons (Fsp3) is 0.455. The summed E-state index contributed by atoms with van der Waals surface area (Å²) in [6.07, 6.45) is 1.94. The summed E-state index contributed by atoms with van der Waals surface area (Å²) < 4.78 is 1.92. The van der Waals surface area contributed by atoms with Gasteiger partial charge < -0.3 is 16.0 Å². The maximum Gasteiger partial charge on any atom is 0.163 e. The SMILES string of the molecule is CC(C)c1cnn2c(NCc3ccccc3)cc(NCCN3CCNCC3)nc12. The molecule has 0 radical (unpaired) electrons. The predicted octanol–water partition coefficient (Wildman–Crippen LogP) is 2.78. The van der Waals surface area contributed by atoms with Gasteiger partial charge in [-0.2, -0.15) is 9.61 Å². The van der Waals surface area contributed by atoms with E-state index in [1.807, 2.05) is 16.8 Å². The first kappa shape index (κ1) is 19.7. The van der Waals surface area contributed by atoms with Gasteiger partial charge in [-0.3, -0.25) is 4.90 Å². The molecule has 3 N–H and O–H groups in total. The normalized spacial score (nSPS) is 15.1. The molecule has 29 heavy (non-hydrogen) atoms. The van der Waals surface area contributed by atoms with Crippen LogP contribution in [0.5, 0.6) is 0 Å². The maximum atomic E-state index is 4.87. The number of nitrogens with one attached hydrogen (secondary N) is 3. The zero-order valence-electron chi connectivity index (χ0n) is 17.4. The molecule has 1 fully saturated rings. The molecule has 0 amide bonds. The molecule has 0 spiro atoms. The molecule has 1 aliphatic heterocycles. The van der Waals surface area contributed by atoms with E-state index in [-0.39, 0.29) is 0 Å². The smallest absolute Gasteiger partial charge is 0.163 e. The highest BCUT2D eigenvalue weighted by Gasteiger charge is 2.14. The molecule has 0 atom stereocenters. The number of nitrogens with zero attached hydrogens (tertiary/aromatic N) is 4. The number of rotatable bonds is 8. The third kappa shape index (κ3) is 4.86. The largest absolute Gasteiger partial charge is 0.369 e. The van der Waals surface area contributed by atoms with Crippen LogP contribution in [-0.2, 0) is 6.54 Å². The van der Waals surface area contributed by atoms with Crippen molar-refractivity contribution >= 4 is 17.3 Å². The second kappa shape index (κ2) is 9.24. The first-order valence-electron chi connectivity index (χ1n) is 10.5. The van der Waals surface area contributed by atoms with Gasteiger partial charge in [-0.15, -0.1) is 0 Å². The number of piperazine rings is 1. The topological polar surface area (TPSA) is 69.5 Å². The molecule has 0 unspecified atom stereocenters. The number of fused-ring (bicyclic) bond motifs is 1. The summed E-state index contributed by atoms with van der Waals surface area (Å²) in [5.41, 5.74) is 3.32. The molecule has 0 bridgehead atoms. The Hall–Kier alpha value is -2.64. The molecular formula is C22H31N7. The van der Waals surface area contributed by atoms with Gasteiger partial charge in [0.25, 0.3) is 0 Å². The monoisotopic (exact) mass is 393 g/mol. The van der Waals surface area contributed by atoms with Crippen molar-refractivity contribution < 1.29 is 0 Å². The van der Waals surface area contributed by atoms with Crippen molar-refractivity contribution in [3.05, 3.63) is 53.7 Å². The minimum absolute atomic E-state index is 0.373. The number of aromatic nitrogens is 3. The van der Waals surface area contributed by atoms with E-state index in [9.17, 15) is 0 Å². The molecule has 154 valence electrons. The Morgan fingerprint density at radius 2 is 1.90 bits per heavy atom. The lowest BCUT2D eigenvalue weighted by Crippen LogP contribution is -2.45. The molecule has 0 saturated carbocycles. The Labute approximate surface area is 172 Å². The first-order chi connectivity index (χ1) is 14.2. The third-order valence-corrected chi connectivity index (χ3v) is 5.38. The van der Waals surface area contributed by atoms with Crippen molar-refractivity contribution in [3.63, 3.8) is 0 Å². The second-order valence-electron chi connectivity index (χ2n) is 7.87. The van der Waals surface area contributed by atoms with Crippen LogP contribution in [0.2, 0.25) is 0 Å². The highest BCUT2D eigenvalue weighted by atomic mass is 15.3. The summed E-state index contributed by atoms with van der Waals surface area (Å²) in [7, 11) is 0. The van der Waals surface area contributed by atoms with E-state index in [0.717, 1.165) is 63.1 Å². The summed E-state index contributed by atoms with van der Waals surface area (Å²) in [5.74, 6) is 2.22. The summed E-state index contributed by atoms with van der Waals surface area (Å²) >= 11 is 0. The van der Waals surface area contributed by atoms with Gasteiger partial charge in [0.05, 0.1) is 6.20 Å². The van der Waals surface area contributed by atoms with Crippen molar-refractivity contribution in [3.8, 4) is 0 Å². The Bertz CT molecular complexity index is 914. The van der Waals surface area contributed by atoms with E-state index < -0.39 is 0 Å². The van der Waals surface area contributed by atoms with E-state index in [1.165, 1.54) is 11.1 Å². The van der Waals surface area contributed by atoms with Crippen LogP contribution in [0.15, 0.2) is 42.6 Å². The highest BCUT2D eigenvalue weighted by molar-refractivity contribution is 5.61. The highest BCUT2D eigenvalue weighted by Crippen LogP contribution is 2.24. The van der Waals surface area contributed by atoms with Crippen molar-refractivity contribution in [2.45, 2.75) is 26.3 Å². The van der Waals surface area contributed by atoms with E-state index in [0.29, 0.717) is 5.92 Å². The summed E-state index contributed by atoms with van der Waals surface area (Å²) in [4.78, 5) is 7.35. The lowest BCUT2D eigenvalue weighted by Gasteiger charge is -2.27. The minimum atomic E-state index is 0.373. The molecule has 1 saturated heterocycles. The second-order valence-corrected chi connectivity index (χ2v) is 7.87. The van der Waals surface area contributed by atoms with E-state index in [2.05, 4.69) is 70.1 Å². The summed E-state index contributed by atoms with van der Waals surface area (Å²) in [5, 5.41) is 15.1. The zero-order valence-corrected chi connectivity index (χ0v) is 17.4. The van der Waals surface area contributed by atoms with Crippen molar-refractivity contribution in [1.29, 1.82) is 0 Å². The van der Waals surface area contributed by atoms with Crippen LogP contribution in [0.1, 0.15) is 30.9 Å². The van der Waals surface area contributed by atoms with Crippen LogP contribution in [0.4, 0.5) is 11.6 Å². The van der Waals surface area contributed by atoms with E-state index in [4.69, 9.17) is 4.98 Å². The lowest BCUT2D eigenvalue weighted by molar-refractivity contribution is 0.249. The Balaban J connectivity index is 1.52. The summed E-state index contributed by atoms with van der Waals surface area (Å²) in [6.45, 7) is 11.4. The van der Waals surface area contributed by atoms with Gasteiger partial charge in [0.2, 0.25) is 0 Å². The fourth-order valence-corrected chi connectivity index (χ4v) is 3.67. The first-order valence-corrected chi connectivity index (χ1v) is 10.5. The minimum Gasteiger partial charge on any atom is -0.369 e. The molecule has 3 aromatic rings. The third-order valence-electron chi connectivity index (χ3n) is 5.38. The van der Waals surface area contributed by atoms with Gasteiger partial charge in [-0.05, 0) is 11.5 Å². The Morgan fingerprint density at radius 1 is 1.10 bits per heavy atom. The van der Waals surface area contributed by atoms with Crippen molar-refractivity contribution in [2.75, 3.05) is 49.9 Å². The molecule has 1 aromatic carbocycles. The van der Waals surface area contributed by atoms with Gasteiger partial charge >= 0.3 is 0 Å². The van der Waals surface area contributed by atoms with Crippen LogP contribution in [0.3, 0.4) is 0 Å². The molecule has 3 heterocycles. The molecule has 4 rings (SSSR count). The quantitative estimate of drug-likeness (QED) is 0.547. The van der Waals surface area contributed by atoms with Gasteiger partial charge in [0.15, 0.2) is 5.65 Å². The lowest BCUT2D eigenvalue weighted by atomic mass is 10.1. The van der Waals surface area contributed by atoms with Gasteiger partial charge in [0, 0.05) is 57.4 Å². The number of hydrogen-bond donors (Lipinski definition) is 3. The van der Waals surface area contributed by atoms with Crippen LogP contribution in [-0.4, -0.2) is 58.8 Å². The molecule has 7 nitrogen and oxygen atoms in total. The van der Waals surface area contributed by atoms with Crippen LogP contribution >= 0.6 is 0 Å². The molecule has 1 aliphatic rings. The average molecular weight is 394 g/mol. The summed E-state index contributed by atoms with van der Waals surface area (Å²) in [6, 6.07) is 12.5. The van der Waals surface area contributed by atoms with Gasteiger partial charge in [-0.1, -0.05) is 44.2 Å². The van der Waals surface area contributed by atoms with Crippen molar-refractivity contribution in [1.82, 2.24) is 24.8 Å². The average Bonchev–Trinajstić information content (AvgIpc) is 3.18. The predicted molar refractivity (Wildman–Crippen MR) is 119 cm³/mol. The van der Waals surface area contributed by atoms with Gasteiger partial charge in [-0.25, -0.2) is 4.98 Å². The molecule has 0 aliphatic carbocycles. The van der Waals surface area contributed by atoms with Crippen LogP contribution in [0.25, 0.3) is 5.65 Å². The standard InChI is InChI=1S/C22H31N7/c1-17(2)19-16-26-29-21(25-15-18-6-4-3-5-7-18)14-20(27-22(19)29)24-10-13-28-11-8-23-9-12-28/h3-7,14,16-17,23,25H,8-13,15H2,1-2H3,(H,24,27). The van der Waals surface area contributed by atoms with Gasteiger partial charge in [0.1, 0.15) is 11.6 Å². The fourth-order valence-electron chi connectivity index (χ4n) is 3.67. The maximum absolute atomic E-state index is 4.87. The van der Waals surface area contributed by atoms with Crippen LogP contribution < -0.4 is 16.0 Å². The van der Waals surface area contributed by atoms with E-state index >= 15 is 0 Å². The molecular weight excluding hydrogens is 362 g/mol. The van der Waals surface area contributed by atoms with Crippen molar-refractivity contribution in [2.24, 2.45) is 0 Å².